The number of esters is 2. The van der Waals surface area contributed by atoms with Crippen molar-refractivity contribution in [3.05, 3.63) is 68.7 Å². The minimum absolute atomic E-state index is 0.131. The van der Waals surface area contributed by atoms with Crippen LogP contribution in [-0.4, -0.2) is 36.5 Å². The summed E-state index contributed by atoms with van der Waals surface area (Å²) in [7, 11) is 1.20. The lowest BCUT2D eigenvalue weighted by molar-refractivity contribution is -0.384. The molecule has 0 spiro atoms. The fourth-order valence-corrected chi connectivity index (χ4v) is 2.25. The molecule has 0 aliphatic heterocycles. The van der Waals surface area contributed by atoms with Crippen LogP contribution < -0.4 is 5.32 Å². The van der Waals surface area contributed by atoms with E-state index < -0.39 is 35.1 Å². The van der Waals surface area contributed by atoms with Crippen LogP contribution in [0.3, 0.4) is 0 Å². The Morgan fingerprint density at radius 3 is 2.52 bits per heavy atom. The van der Waals surface area contributed by atoms with Crippen molar-refractivity contribution in [2.75, 3.05) is 19.0 Å². The summed E-state index contributed by atoms with van der Waals surface area (Å²) in [6.07, 6.45) is 0. The summed E-state index contributed by atoms with van der Waals surface area (Å²) in [5, 5.41) is 13.1. The number of para-hydroxylation sites is 1. The summed E-state index contributed by atoms with van der Waals surface area (Å²) in [4.78, 5) is 45.7. The average Bonchev–Trinajstić information content (AvgIpc) is 2.66. The van der Waals surface area contributed by atoms with E-state index in [-0.39, 0.29) is 21.8 Å². The van der Waals surface area contributed by atoms with Crippen LogP contribution in [0.5, 0.6) is 0 Å². The second kappa shape index (κ2) is 8.77. The van der Waals surface area contributed by atoms with Gasteiger partial charge in [0.25, 0.3) is 11.6 Å². The van der Waals surface area contributed by atoms with Gasteiger partial charge in [0.15, 0.2) is 6.61 Å². The van der Waals surface area contributed by atoms with Crippen LogP contribution in [-0.2, 0) is 14.3 Å². The van der Waals surface area contributed by atoms with Crippen molar-refractivity contribution in [3.8, 4) is 0 Å². The third kappa shape index (κ3) is 5.02. The zero-order valence-corrected chi connectivity index (χ0v) is 14.7. The number of anilines is 1. The average molecular weight is 393 g/mol. The molecule has 10 heteroatoms. The van der Waals surface area contributed by atoms with Gasteiger partial charge in [0.2, 0.25) is 0 Å². The van der Waals surface area contributed by atoms with Gasteiger partial charge in [0, 0.05) is 6.07 Å². The third-order valence-electron chi connectivity index (χ3n) is 3.32. The number of carbonyl (C=O) groups excluding carboxylic acids is 3. The number of hydrogen-bond acceptors (Lipinski definition) is 7. The number of rotatable bonds is 6. The lowest BCUT2D eigenvalue weighted by Crippen LogP contribution is -2.22. The molecule has 0 unspecified atom stereocenters. The minimum Gasteiger partial charge on any atom is -0.465 e. The van der Waals surface area contributed by atoms with Crippen LogP contribution in [0.4, 0.5) is 11.4 Å². The number of benzene rings is 2. The highest BCUT2D eigenvalue weighted by molar-refractivity contribution is 6.32. The van der Waals surface area contributed by atoms with Crippen LogP contribution in [0, 0.1) is 10.1 Å². The molecule has 0 bridgehead atoms. The van der Waals surface area contributed by atoms with Gasteiger partial charge in [-0.15, -0.1) is 0 Å². The van der Waals surface area contributed by atoms with Crippen LogP contribution >= 0.6 is 11.6 Å². The normalized spacial score (nSPS) is 10.0. The molecule has 2 aromatic rings. The number of methoxy groups -OCH3 is 1. The fraction of sp³-hybridized carbons (Fsp3) is 0.118. The summed E-state index contributed by atoms with van der Waals surface area (Å²) >= 11 is 5.67. The first-order valence-corrected chi connectivity index (χ1v) is 7.79. The fourth-order valence-electron chi connectivity index (χ4n) is 2.06. The molecule has 0 atom stereocenters. The van der Waals surface area contributed by atoms with E-state index in [4.69, 9.17) is 16.3 Å². The van der Waals surface area contributed by atoms with Gasteiger partial charge in [-0.25, -0.2) is 9.59 Å². The predicted molar refractivity (Wildman–Crippen MR) is 94.8 cm³/mol. The highest BCUT2D eigenvalue weighted by Gasteiger charge is 2.19. The number of ether oxygens (including phenoxy) is 2. The Morgan fingerprint density at radius 1 is 1.15 bits per heavy atom. The maximum atomic E-state index is 12.0. The maximum absolute atomic E-state index is 12.0. The van der Waals surface area contributed by atoms with Gasteiger partial charge in [-0.05, 0) is 24.3 Å². The number of halogens is 1. The largest absolute Gasteiger partial charge is 0.465 e. The number of nitrogens with one attached hydrogen (secondary N) is 1. The van der Waals surface area contributed by atoms with Gasteiger partial charge in [0.1, 0.15) is 5.02 Å². The van der Waals surface area contributed by atoms with Crippen molar-refractivity contribution in [3.63, 3.8) is 0 Å². The van der Waals surface area contributed by atoms with E-state index in [0.29, 0.717) is 0 Å². The number of amides is 1. The third-order valence-corrected chi connectivity index (χ3v) is 3.64. The zero-order valence-electron chi connectivity index (χ0n) is 13.9. The molecule has 1 N–H and O–H groups in total. The van der Waals surface area contributed by atoms with Gasteiger partial charge in [0.05, 0.1) is 28.8 Å². The van der Waals surface area contributed by atoms with Crippen LogP contribution in [0.15, 0.2) is 42.5 Å². The number of nitrogens with zero attached hydrogens (tertiary/aromatic N) is 1. The quantitative estimate of drug-likeness (QED) is 0.455. The van der Waals surface area contributed by atoms with Crippen LogP contribution in [0.2, 0.25) is 5.02 Å². The SMILES string of the molecule is COC(=O)c1ccccc1NC(=O)COC(=O)c1ccc(Cl)c([N+](=O)[O-])c1. The standard InChI is InChI=1S/C17H13ClN2O7/c1-26-17(23)11-4-2-3-5-13(11)19-15(21)9-27-16(22)10-6-7-12(18)14(8-10)20(24)25/h2-8H,9H2,1H3,(H,19,21). The highest BCUT2D eigenvalue weighted by Crippen LogP contribution is 2.25. The van der Waals surface area contributed by atoms with Crippen molar-refractivity contribution >= 4 is 40.8 Å². The van der Waals surface area contributed by atoms with E-state index in [9.17, 15) is 24.5 Å². The molecule has 2 aromatic carbocycles. The van der Waals surface area contributed by atoms with Crippen molar-refractivity contribution in [2.45, 2.75) is 0 Å². The number of nitro benzene ring substituents is 1. The lowest BCUT2D eigenvalue weighted by Gasteiger charge is -2.10. The number of carbonyl (C=O) groups is 3. The molecule has 2 rings (SSSR count). The van der Waals surface area contributed by atoms with Gasteiger partial charge in [-0.3, -0.25) is 14.9 Å². The molecule has 9 nitrogen and oxygen atoms in total. The van der Waals surface area contributed by atoms with Crippen molar-refractivity contribution < 1.29 is 28.8 Å². The first-order valence-electron chi connectivity index (χ1n) is 7.41. The first kappa shape index (κ1) is 19.9. The molecule has 0 saturated heterocycles. The second-order valence-corrected chi connectivity index (χ2v) is 5.49. The van der Waals surface area contributed by atoms with E-state index in [1.807, 2.05) is 0 Å². The molecule has 0 radical (unpaired) electrons. The molecule has 0 saturated carbocycles. The highest BCUT2D eigenvalue weighted by atomic mass is 35.5. The number of nitro groups is 1. The predicted octanol–water partition coefficient (Wildman–Crippen LogP) is 2.83. The van der Waals surface area contributed by atoms with E-state index in [0.717, 1.165) is 6.07 Å². The Labute approximate surface area is 158 Å². The molecule has 0 aliphatic carbocycles. The van der Waals surface area contributed by atoms with Gasteiger partial charge < -0.3 is 14.8 Å². The molecular formula is C17H13ClN2O7. The van der Waals surface area contributed by atoms with Gasteiger partial charge >= 0.3 is 11.9 Å². The zero-order chi connectivity index (χ0) is 20.0. The Kier molecular flexibility index (Phi) is 6.45. The van der Waals surface area contributed by atoms with Crippen molar-refractivity contribution in [1.29, 1.82) is 0 Å². The molecular weight excluding hydrogens is 380 g/mol. The summed E-state index contributed by atoms with van der Waals surface area (Å²) < 4.78 is 9.44. The number of hydrogen-bond donors (Lipinski definition) is 1. The van der Waals surface area contributed by atoms with Gasteiger partial charge in [-0.2, -0.15) is 0 Å². The van der Waals surface area contributed by atoms with Gasteiger partial charge in [-0.1, -0.05) is 23.7 Å². The Balaban J connectivity index is 2.02. The topological polar surface area (TPSA) is 125 Å². The molecule has 27 heavy (non-hydrogen) atoms. The van der Waals surface area contributed by atoms with E-state index >= 15 is 0 Å². The lowest BCUT2D eigenvalue weighted by atomic mass is 10.2. The summed E-state index contributed by atoms with van der Waals surface area (Å²) in [6.45, 7) is -0.662. The monoisotopic (exact) mass is 392 g/mol. The maximum Gasteiger partial charge on any atom is 0.339 e. The van der Waals surface area contributed by atoms with Crippen LogP contribution in [0.1, 0.15) is 20.7 Å². The summed E-state index contributed by atoms with van der Waals surface area (Å²) in [5.41, 5.74) is -0.267. The van der Waals surface area contributed by atoms with E-state index in [2.05, 4.69) is 10.1 Å². The smallest absolute Gasteiger partial charge is 0.339 e. The Hall–Kier alpha value is -3.46. The molecule has 0 fully saturated rings. The Morgan fingerprint density at radius 2 is 1.85 bits per heavy atom. The molecule has 0 aromatic heterocycles. The van der Waals surface area contributed by atoms with Crippen LogP contribution in [0.25, 0.3) is 0 Å². The summed E-state index contributed by atoms with van der Waals surface area (Å²) in [5.74, 6) is -2.29. The Bertz CT molecular complexity index is 914. The minimum atomic E-state index is -0.939. The van der Waals surface area contributed by atoms with E-state index in [1.54, 1.807) is 12.1 Å². The van der Waals surface area contributed by atoms with Crippen molar-refractivity contribution in [1.82, 2.24) is 0 Å². The van der Waals surface area contributed by atoms with Crippen molar-refractivity contribution in [2.24, 2.45) is 0 Å². The molecule has 0 aliphatic rings. The molecule has 0 heterocycles. The summed E-state index contributed by atoms with van der Waals surface area (Å²) in [6, 6.07) is 9.51. The second-order valence-electron chi connectivity index (χ2n) is 5.08. The van der Waals surface area contributed by atoms with E-state index in [1.165, 1.54) is 31.4 Å². The molecule has 140 valence electrons. The molecule has 1 amide bonds. The first-order chi connectivity index (χ1) is 12.8.